The minimum Gasteiger partial charge on any atom is -0.352 e. The standard InChI is InChI=1S/C9H11N5O2S/c1-4-6(17-5(3-10)12-4)9-13-7(14-16-9)8(15)11-2/h3,10H2,1-2H3,(H,11,15). The Morgan fingerprint density at radius 1 is 1.53 bits per heavy atom. The zero-order valence-corrected chi connectivity index (χ0v) is 10.2. The molecule has 90 valence electrons. The van der Waals surface area contributed by atoms with Gasteiger partial charge in [-0.25, -0.2) is 4.98 Å². The van der Waals surface area contributed by atoms with Crippen LogP contribution in [0.2, 0.25) is 0 Å². The molecule has 0 atom stereocenters. The molecule has 0 fully saturated rings. The summed E-state index contributed by atoms with van der Waals surface area (Å²) in [6.45, 7) is 2.19. The third-order valence-electron chi connectivity index (χ3n) is 2.07. The molecule has 0 aromatic carbocycles. The highest BCUT2D eigenvalue weighted by atomic mass is 32.1. The molecule has 1 amide bonds. The first-order valence-corrected chi connectivity index (χ1v) is 5.70. The Labute approximate surface area is 101 Å². The molecule has 2 heterocycles. The molecule has 0 saturated carbocycles. The molecular weight excluding hydrogens is 242 g/mol. The van der Waals surface area contributed by atoms with Crippen molar-refractivity contribution in [3.8, 4) is 10.8 Å². The SMILES string of the molecule is CNC(=O)c1noc(-c2sc(CN)nc2C)n1. The predicted octanol–water partition coefficient (Wildman–Crippen LogP) is 0.320. The summed E-state index contributed by atoms with van der Waals surface area (Å²) in [5, 5.41) is 6.80. The van der Waals surface area contributed by atoms with Crippen LogP contribution >= 0.6 is 11.3 Å². The van der Waals surface area contributed by atoms with E-state index < -0.39 is 0 Å². The van der Waals surface area contributed by atoms with Gasteiger partial charge in [0.2, 0.25) is 0 Å². The van der Waals surface area contributed by atoms with E-state index in [1.54, 1.807) is 0 Å². The monoisotopic (exact) mass is 253 g/mol. The quantitative estimate of drug-likeness (QED) is 0.815. The van der Waals surface area contributed by atoms with Gasteiger partial charge in [0.1, 0.15) is 9.88 Å². The Balaban J connectivity index is 2.36. The van der Waals surface area contributed by atoms with E-state index in [1.807, 2.05) is 6.92 Å². The van der Waals surface area contributed by atoms with Crippen molar-refractivity contribution in [1.29, 1.82) is 0 Å². The van der Waals surface area contributed by atoms with Crippen molar-refractivity contribution in [2.75, 3.05) is 7.05 Å². The average Bonchev–Trinajstić information content (AvgIpc) is 2.94. The van der Waals surface area contributed by atoms with Crippen LogP contribution in [0, 0.1) is 6.92 Å². The van der Waals surface area contributed by atoms with Crippen LogP contribution in [0.5, 0.6) is 0 Å². The van der Waals surface area contributed by atoms with E-state index in [-0.39, 0.29) is 11.7 Å². The molecule has 2 rings (SSSR count). The van der Waals surface area contributed by atoms with Gasteiger partial charge in [0.25, 0.3) is 17.6 Å². The highest BCUT2D eigenvalue weighted by molar-refractivity contribution is 7.15. The van der Waals surface area contributed by atoms with Crippen molar-refractivity contribution in [3.63, 3.8) is 0 Å². The van der Waals surface area contributed by atoms with Gasteiger partial charge in [-0.1, -0.05) is 5.16 Å². The zero-order chi connectivity index (χ0) is 12.4. The number of hydrogen-bond donors (Lipinski definition) is 2. The van der Waals surface area contributed by atoms with Crippen molar-refractivity contribution >= 4 is 17.2 Å². The van der Waals surface area contributed by atoms with Crippen molar-refractivity contribution in [3.05, 3.63) is 16.5 Å². The highest BCUT2D eigenvalue weighted by Gasteiger charge is 2.18. The number of nitrogens with two attached hydrogens (primary N) is 1. The number of rotatable bonds is 3. The Morgan fingerprint density at radius 3 is 2.88 bits per heavy atom. The fourth-order valence-electron chi connectivity index (χ4n) is 1.26. The second kappa shape index (κ2) is 4.60. The molecule has 17 heavy (non-hydrogen) atoms. The lowest BCUT2D eigenvalue weighted by Crippen LogP contribution is -2.19. The van der Waals surface area contributed by atoms with Gasteiger partial charge >= 0.3 is 0 Å². The third-order valence-corrected chi connectivity index (χ3v) is 3.23. The van der Waals surface area contributed by atoms with Crippen LogP contribution in [0.1, 0.15) is 21.3 Å². The summed E-state index contributed by atoms with van der Waals surface area (Å²) < 4.78 is 5.02. The highest BCUT2D eigenvalue weighted by Crippen LogP contribution is 2.28. The molecule has 7 nitrogen and oxygen atoms in total. The molecule has 0 bridgehead atoms. The molecule has 0 unspecified atom stereocenters. The Bertz CT molecular complexity index is 547. The molecular formula is C9H11N5O2S. The maximum Gasteiger partial charge on any atom is 0.292 e. The van der Waals surface area contributed by atoms with Crippen LogP contribution in [0.4, 0.5) is 0 Å². The number of aromatic nitrogens is 3. The molecule has 0 aliphatic carbocycles. The van der Waals surface area contributed by atoms with Crippen molar-refractivity contribution in [1.82, 2.24) is 20.4 Å². The van der Waals surface area contributed by atoms with Crippen LogP contribution in [-0.2, 0) is 6.54 Å². The summed E-state index contributed by atoms with van der Waals surface area (Å²) in [5.41, 5.74) is 6.27. The summed E-state index contributed by atoms with van der Waals surface area (Å²) in [7, 11) is 1.50. The van der Waals surface area contributed by atoms with Gasteiger partial charge in [0.05, 0.1) is 5.69 Å². The molecule has 0 saturated heterocycles. The van der Waals surface area contributed by atoms with E-state index in [2.05, 4.69) is 20.4 Å². The first kappa shape index (κ1) is 11.7. The molecule has 2 aromatic heterocycles. The number of thiazole rings is 1. The molecule has 0 spiro atoms. The molecule has 2 aromatic rings. The van der Waals surface area contributed by atoms with Crippen LogP contribution in [0.3, 0.4) is 0 Å². The van der Waals surface area contributed by atoms with Crippen LogP contribution in [0.15, 0.2) is 4.52 Å². The summed E-state index contributed by atoms with van der Waals surface area (Å²) in [5.74, 6) is -0.0934. The van der Waals surface area contributed by atoms with Crippen molar-refractivity contribution in [2.45, 2.75) is 13.5 Å². The van der Waals surface area contributed by atoms with Gasteiger partial charge in [-0.15, -0.1) is 11.3 Å². The van der Waals surface area contributed by atoms with E-state index in [4.69, 9.17) is 10.3 Å². The third kappa shape index (κ3) is 2.17. The normalized spacial score (nSPS) is 10.5. The van der Waals surface area contributed by atoms with Gasteiger partial charge in [0, 0.05) is 13.6 Å². The number of carbonyl (C=O) groups excluding carboxylic acids is 1. The fraction of sp³-hybridized carbons (Fsp3) is 0.333. The van der Waals surface area contributed by atoms with Gasteiger partial charge in [-0.05, 0) is 6.92 Å². The Kier molecular flexibility index (Phi) is 3.16. The van der Waals surface area contributed by atoms with Crippen molar-refractivity contribution < 1.29 is 9.32 Å². The topological polar surface area (TPSA) is 107 Å². The maximum absolute atomic E-state index is 11.3. The Morgan fingerprint density at radius 2 is 2.29 bits per heavy atom. The molecule has 0 radical (unpaired) electrons. The first-order valence-electron chi connectivity index (χ1n) is 4.88. The minimum absolute atomic E-state index is 0.00426. The summed E-state index contributed by atoms with van der Waals surface area (Å²) in [6, 6.07) is 0. The molecule has 8 heteroatoms. The minimum atomic E-state index is -0.388. The fourth-order valence-corrected chi connectivity index (χ4v) is 2.12. The van der Waals surface area contributed by atoms with Gasteiger partial charge in [-0.3, -0.25) is 4.79 Å². The molecule has 0 aliphatic rings. The number of amides is 1. The number of nitrogens with zero attached hydrogens (tertiary/aromatic N) is 3. The van der Waals surface area contributed by atoms with E-state index >= 15 is 0 Å². The maximum atomic E-state index is 11.3. The number of carbonyl (C=O) groups is 1. The zero-order valence-electron chi connectivity index (χ0n) is 9.35. The lowest BCUT2D eigenvalue weighted by Gasteiger charge is -1.88. The summed E-state index contributed by atoms with van der Waals surface area (Å²) in [4.78, 5) is 20.3. The largest absolute Gasteiger partial charge is 0.352 e. The number of nitrogens with one attached hydrogen (secondary N) is 1. The molecule has 3 N–H and O–H groups in total. The van der Waals surface area contributed by atoms with Crippen LogP contribution in [-0.4, -0.2) is 28.1 Å². The second-order valence-corrected chi connectivity index (χ2v) is 4.31. The van der Waals surface area contributed by atoms with Crippen LogP contribution < -0.4 is 11.1 Å². The Hall–Kier alpha value is -1.80. The first-order chi connectivity index (χ1) is 8.15. The van der Waals surface area contributed by atoms with E-state index in [9.17, 15) is 4.79 Å². The van der Waals surface area contributed by atoms with E-state index in [0.717, 1.165) is 15.6 Å². The molecule has 0 aliphatic heterocycles. The number of hydrogen-bond acceptors (Lipinski definition) is 7. The average molecular weight is 253 g/mol. The van der Waals surface area contributed by atoms with Crippen molar-refractivity contribution in [2.24, 2.45) is 5.73 Å². The lowest BCUT2D eigenvalue weighted by molar-refractivity contribution is 0.0950. The second-order valence-electron chi connectivity index (χ2n) is 3.23. The predicted molar refractivity (Wildman–Crippen MR) is 61.4 cm³/mol. The van der Waals surface area contributed by atoms with Gasteiger partial charge in [0.15, 0.2) is 0 Å². The van der Waals surface area contributed by atoms with Gasteiger partial charge < -0.3 is 15.6 Å². The number of aryl methyl sites for hydroxylation is 1. The summed E-state index contributed by atoms with van der Waals surface area (Å²) >= 11 is 1.38. The summed E-state index contributed by atoms with van der Waals surface area (Å²) in [6.07, 6.45) is 0. The van der Waals surface area contributed by atoms with Crippen LogP contribution in [0.25, 0.3) is 10.8 Å². The van der Waals surface area contributed by atoms with E-state index in [0.29, 0.717) is 12.4 Å². The lowest BCUT2D eigenvalue weighted by atomic mass is 10.4. The van der Waals surface area contributed by atoms with E-state index in [1.165, 1.54) is 18.4 Å². The smallest absolute Gasteiger partial charge is 0.292 e. The van der Waals surface area contributed by atoms with Gasteiger partial charge in [-0.2, -0.15) is 4.98 Å².